The van der Waals surface area contributed by atoms with Crippen molar-refractivity contribution >= 4 is 22.5 Å². The average Bonchev–Trinajstić information content (AvgIpc) is 2.48. The van der Waals surface area contributed by atoms with Gasteiger partial charge in [0.15, 0.2) is 0 Å². The van der Waals surface area contributed by atoms with E-state index in [0.29, 0.717) is 5.92 Å². The fourth-order valence-corrected chi connectivity index (χ4v) is 2.60. The topological polar surface area (TPSA) is 21.3 Å². The summed E-state index contributed by atoms with van der Waals surface area (Å²) >= 11 is 1.81. The van der Waals surface area contributed by atoms with E-state index in [1.54, 1.807) is 0 Å². The maximum atomic E-state index is 5.98. The van der Waals surface area contributed by atoms with Gasteiger partial charge in [-0.3, -0.25) is 0 Å². The molecule has 0 fully saturated rings. The summed E-state index contributed by atoms with van der Waals surface area (Å²) in [6, 6.07) is 12.8. The number of hydrogen-bond donors (Lipinski definition) is 1. The summed E-state index contributed by atoms with van der Waals surface area (Å²) < 4.78 is 5.98. The van der Waals surface area contributed by atoms with Gasteiger partial charge in [-0.15, -0.1) is 0 Å². The van der Waals surface area contributed by atoms with Crippen molar-refractivity contribution in [2.24, 2.45) is 5.92 Å². The third-order valence-electron chi connectivity index (χ3n) is 3.40. The summed E-state index contributed by atoms with van der Waals surface area (Å²) in [6.07, 6.45) is 2.11. The zero-order valence-corrected chi connectivity index (χ0v) is 14.0. The normalized spacial score (nSPS) is 11.2. The lowest BCUT2D eigenvalue weighted by atomic mass is 10.0. The van der Waals surface area contributed by atoms with E-state index < -0.39 is 0 Å². The molecule has 2 aromatic carbocycles. The number of thioether (sulfide) groups is 1. The summed E-state index contributed by atoms with van der Waals surface area (Å²) in [4.78, 5) is 0. The first-order chi connectivity index (χ1) is 10.2. The Balaban J connectivity index is 2.23. The van der Waals surface area contributed by atoms with Crippen molar-refractivity contribution in [3.05, 3.63) is 42.0 Å². The third-order valence-corrected chi connectivity index (χ3v) is 3.97. The number of ether oxygens (including phenoxy) is 1. The van der Waals surface area contributed by atoms with Gasteiger partial charge in [-0.2, -0.15) is 11.8 Å². The Bertz CT molecular complexity index is 568. The van der Waals surface area contributed by atoms with E-state index in [-0.39, 0.29) is 0 Å². The van der Waals surface area contributed by atoms with Crippen LogP contribution in [-0.4, -0.2) is 25.2 Å². The number of hydrogen-bond acceptors (Lipinski definition) is 3. The largest absolute Gasteiger partial charge is 0.492 e. The number of rotatable bonds is 8. The predicted molar refractivity (Wildman–Crippen MR) is 94.4 cm³/mol. The second-order valence-corrected chi connectivity index (χ2v) is 6.61. The van der Waals surface area contributed by atoms with Crippen LogP contribution in [-0.2, 0) is 6.54 Å². The van der Waals surface area contributed by atoms with Crippen molar-refractivity contribution in [3.63, 3.8) is 0 Å². The molecule has 2 aromatic rings. The minimum absolute atomic E-state index is 0.654. The molecule has 0 aromatic heterocycles. The molecule has 2 nitrogen and oxygen atoms in total. The van der Waals surface area contributed by atoms with Gasteiger partial charge < -0.3 is 10.1 Å². The van der Waals surface area contributed by atoms with E-state index in [0.717, 1.165) is 31.2 Å². The van der Waals surface area contributed by atoms with Crippen LogP contribution in [0.1, 0.15) is 19.4 Å². The Kier molecular flexibility index (Phi) is 6.40. The molecule has 0 atom stereocenters. The van der Waals surface area contributed by atoms with Gasteiger partial charge in [0.05, 0.1) is 6.61 Å². The molecular formula is C18H25NOS. The molecule has 0 unspecified atom stereocenters. The molecule has 2 rings (SSSR count). The minimum Gasteiger partial charge on any atom is -0.492 e. The smallest absolute Gasteiger partial charge is 0.124 e. The molecule has 114 valence electrons. The fraction of sp³-hybridized carbons (Fsp3) is 0.444. The predicted octanol–water partition coefficient (Wildman–Crippen LogP) is 4.33. The van der Waals surface area contributed by atoms with Crippen LogP contribution in [0.2, 0.25) is 0 Å². The fourth-order valence-electron chi connectivity index (χ4n) is 2.35. The molecular weight excluding hydrogens is 278 g/mol. The van der Waals surface area contributed by atoms with E-state index in [9.17, 15) is 0 Å². The highest BCUT2D eigenvalue weighted by atomic mass is 32.2. The molecule has 0 spiro atoms. The second-order valence-electron chi connectivity index (χ2n) is 5.63. The van der Waals surface area contributed by atoms with E-state index >= 15 is 0 Å². The zero-order chi connectivity index (χ0) is 15.1. The van der Waals surface area contributed by atoms with Crippen LogP contribution in [0.4, 0.5) is 0 Å². The number of nitrogens with one attached hydrogen (secondary N) is 1. The van der Waals surface area contributed by atoms with Gasteiger partial charge in [-0.1, -0.05) is 44.2 Å². The van der Waals surface area contributed by atoms with Crippen LogP contribution in [0.3, 0.4) is 0 Å². The second kappa shape index (κ2) is 8.30. The lowest BCUT2D eigenvalue weighted by Gasteiger charge is -2.15. The van der Waals surface area contributed by atoms with E-state index in [4.69, 9.17) is 4.74 Å². The molecule has 0 aliphatic rings. The Morgan fingerprint density at radius 2 is 1.95 bits per heavy atom. The SMILES string of the molecule is CSCCOc1ccc2ccccc2c1CNCC(C)C. The van der Waals surface area contributed by atoms with Gasteiger partial charge in [0.1, 0.15) is 5.75 Å². The Morgan fingerprint density at radius 1 is 1.14 bits per heavy atom. The van der Waals surface area contributed by atoms with Crippen molar-refractivity contribution in [2.45, 2.75) is 20.4 Å². The summed E-state index contributed by atoms with van der Waals surface area (Å²) in [5, 5.41) is 6.10. The lowest BCUT2D eigenvalue weighted by Crippen LogP contribution is -2.19. The summed E-state index contributed by atoms with van der Waals surface area (Å²) in [5.74, 6) is 2.69. The standard InChI is InChI=1S/C18H25NOS/c1-14(2)12-19-13-17-16-7-5-4-6-15(16)8-9-18(17)20-10-11-21-3/h4-9,14,19H,10-13H2,1-3H3. The van der Waals surface area contributed by atoms with Gasteiger partial charge >= 0.3 is 0 Å². The Morgan fingerprint density at radius 3 is 2.71 bits per heavy atom. The van der Waals surface area contributed by atoms with Crippen LogP contribution in [0.5, 0.6) is 5.75 Å². The van der Waals surface area contributed by atoms with Crippen molar-refractivity contribution < 1.29 is 4.74 Å². The molecule has 3 heteroatoms. The quantitative estimate of drug-likeness (QED) is 0.734. The van der Waals surface area contributed by atoms with Crippen molar-refractivity contribution in [1.82, 2.24) is 5.32 Å². The molecule has 1 N–H and O–H groups in total. The van der Waals surface area contributed by atoms with Crippen molar-refractivity contribution in [2.75, 3.05) is 25.2 Å². The minimum atomic E-state index is 0.654. The van der Waals surface area contributed by atoms with Gasteiger partial charge in [0.25, 0.3) is 0 Å². The molecule has 0 saturated heterocycles. The highest BCUT2D eigenvalue weighted by molar-refractivity contribution is 7.98. The summed E-state index contributed by atoms with van der Waals surface area (Å²) in [6.45, 7) is 7.09. The van der Waals surface area contributed by atoms with Crippen molar-refractivity contribution in [3.8, 4) is 5.75 Å². The Labute approximate surface area is 132 Å². The first-order valence-electron chi connectivity index (χ1n) is 7.55. The van der Waals surface area contributed by atoms with Crippen LogP contribution in [0, 0.1) is 5.92 Å². The van der Waals surface area contributed by atoms with Gasteiger partial charge in [0.2, 0.25) is 0 Å². The molecule has 0 radical (unpaired) electrons. The maximum Gasteiger partial charge on any atom is 0.124 e. The van der Waals surface area contributed by atoms with E-state index in [1.165, 1.54) is 16.3 Å². The van der Waals surface area contributed by atoms with Crippen molar-refractivity contribution in [1.29, 1.82) is 0 Å². The molecule has 0 saturated carbocycles. The molecule has 0 aliphatic carbocycles. The number of fused-ring (bicyclic) bond motifs is 1. The average molecular weight is 303 g/mol. The molecule has 0 heterocycles. The molecule has 0 aliphatic heterocycles. The lowest BCUT2D eigenvalue weighted by molar-refractivity contribution is 0.339. The third kappa shape index (κ3) is 4.65. The molecule has 0 bridgehead atoms. The highest BCUT2D eigenvalue weighted by Crippen LogP contribution is 2.28. The molecule has 21 heavy (non-hydrogen) atoms. The first kappa shape index (κ1) is 16.2. The van der Waals surface area contributed by atoms with E-state index in [1.807, 2.05) is 11.8 Å². The van der Waals surface area contributed by atoms with Gasteiger partial charge in [0, 0.05) is 17.9 Å². The zero-order valence-electron chi connectivity index (χ0n) is 13.2. The van der Waals surface area contributed by atoms with E-state index in [2.05, 4.69) is 61.8 Å². The Hall–Kier alpha value is -1.19. The molecule has 0 amide bonds. The monoisotopic (exact) mass is 303 g/mol. The highest BCUT2D eigenvalue weighted by Gasteiger charge is 2.09. The van der Waals surface area contributed by atoms with Crippen LogP contribution in [0.15, 0.2) is 36.4 Å². The first-order valence-corrected chi connectivity index (χ1v) is 8.95. The van der Waals surface area contributed by atoms with Crippen LogP contribution >= 0.6 is 11.8 Å². The number of benzene rings is 2. The van der Waals surface area contributed by atoms with Gasteiger partial charge in [-0.05, 0) is 35.6 Å². The summed E-state index contributed by atoms with van der Waals surface area (Å²) in [5.41, 5.74) is 1.27. The summed E-state index contributed by atoms with van der Waals surface area (Å²) in [7, 11) is 0. The van der Waals surface area contributed by atoms with Gasteiger partial charge in [-0.25, -0.2) is 0 Å². The maximum absolute atomic E-state index is 5.98. The van der Waals surface area contributed by atoms with Crippen LogP contribution in [0.25, 0.3) is 10.8 Å². The van der Waals surface area contributed by atoms with Crippen LogP contribution < -0.4 is 10.1 Å².